The number of likely N-dealkylation sites (N-methyl/N-ethyl adjacent to an activating group) is 1. The van der Waals surface area contributed by atoms with Crippen LogP contribution in [0.2, 0.25) is 0 Å². The molecule has 0 unspecified atom stereocenters. The van der Waals surface area contributed by atoms with Gasteiger partial charge in [-0.25, -0.2) is 0 Å². The molecule has 3 N–H and O–H groups in total. The van der Waals surface area contributed by atoms with E-state index in [4.69, 9.17) is 10.8 Å². The summed E-state index contributed by atoms with van der Waals surface area (Å²) < 4.78 is 0. The van der Waals surface area contributed by atoms with Crippen LogP contribution in [0.25, 0.3) is 0 Å². The Morgan fingerprint density at radius 3 is 2.70 bits per heavy atom. The van der Waals surface area contributed by atoms with Crippen molar-refractivity contribution in [3.05, 3.63) is 12.2 Å². The number of hydrogen-bond acceptors (Lipinski definition) is 3. The van der Waals surface area contributed by atoms with Crippen LogP contribution >= 0.6 is 0 Å². The van der Waals surface area contributed by atoms with Gasteiger partial charge in [-0.3, -0.25) is 0 Å². The van der Waals surface area contributed by atoms with E-state index in [0.717, 1.165) is 12.1 Å². The van der Waals surface area contributed by atoms with Crippen molar-refractivity contribution in [3.63, 3.8) is 0 Å². The molecule has 0 aromatic heterocycles. The number of hydrogen-bond donors (Lipinski definition) is 2. The van der Waals surface area contributed by atoms with Gasteiger partial charge < -0.3 is 15.7 Å². The summed E-state index contributed by atoms with van der Waals surface area (Å²) in [5.41, 5.74) is 6.32. The minimum absolute atomic E-state index is 0.189. The third-order valence-corrected chi connectivity index (χ3v) is 1.26. The first-order valence-electron chi connectivity index (χ1n) is 3.36. The minimum atomic E-state index is 0.189. The van der Waals surface area contributed by atoms with Crippen molar-refractivity contribution < 1.29 is 5.11 Å². The Balaban J connectivity index is 3.37. The molecule has 0 amide bonds. The van der Waals surface area contributed by atoms with Crippen LogP contribution in [0.3, 0.4) is 0 Å². The molecule has 0 bridgehead atoms. The van der Waals surface area contributed by atoms with Gasteiger partial charge in [0.1, 0.15) is 0 Å². The van der Waals surface area contributed by atoms with Crippen LogP contribution < -0.4 is 5.73 Å². The molecular weight excluding hydrogens is 128 g/mol. The van der Waals surface area contributed by atoms with Crippen LogP contribution in [0.5, 0.6) is 0 Å². The number of aliphatic hydroxyl groups is 1. The van der Waals surface area contributed by atoms with Crippen molar-refractivity contribution in [1.29, 1.82) is 0 Å². The third-order valence-electron chi connectivity index (χ3n) is 1.26. The molecule has 0 aliphatic carbocycles. The summed E-state index contributed by atoms with van der Waals surface area (Å²) in [6.45, 7) is 5.91. The van der Waals surface area contributed by atoms with E-state index in [-0.39, 0.29) is 6.61 Å². The fraction of sp³-hybridized carbons (Fsp3) is 0.714. The smallest absolute Gasteiger partial charge is 0.0558 e. The molecule has 10 heavy (non-hydrogen) atoms. The predicted molar refractivity (Wildman–Crippen MR) is 42.8 cm³/mol. The minimum Gasteiger partial charge on any atom is -0.395 e. The maximum atomic E-state index is 8.52. The maximum absolute atomic E-state index is 8.52. The topological polar surface area (TPSA) is 49.5 Å². The second-order valence-corrected chi connectivity index (χ2v) is 2.42. The lowest BCUT2D eigenvalue weighted by molar-refractivity contribution is 0.230. The molecule has 0 heterocycles. The van der Waals surface area contributed by atoms with E-state index in [9.17, 15) is 0 Å². The van der Waals surface area contributed by atoms with Crippen molar-refractivity contribution in [2.75, 3.05) is 33.3 Å². The Kier molecular flexibility index (Phi) is 5.20. The van der Waals surface area contributed by atoms with E-state index in [1.807, 2.05) is 11.9 Å². The number of nitrogens with zero attached hydrogens (tertiary/aromatic N) is 1. The lowest BCUT2D eigenvalue weighted by atomic mass is 10.3. The van der Waals surface area contributed by atoms with Gasteiger partial charge in [-0.05, 0) is 12.6 Å². The Labute approximate surface area is 62.1 Å². The highest BCUT2D eigenvalue weighted by atomic mass is 16.3. The number of nitrogens with two attached hydrogens (primary N) is 1. The van der Waals surface area contributed by atoms with E-state index in [2.05, 4.69) is 6.58 Å². The van der Waals surface area contributed by atoms with E-state index in [0.29, 0.717) is 13.1 Å². The Hall–Kier alpha value is -0.380. The van der Waals surface area contributed by atoms with E-state index in [1.54, 1.807) is 0 Å². The van der Waals surface area contributed by atoms with Gasteiger partial charge in [-0.2, -0.15) is 0 Å². The van der Waals surface area contributed by atoms with Crippen molar-refractivity contribution in [2.45, 2.75) is 0 Å². The van der Waals surface area contributed by atoms with Crippen LogP contribution in [0, 0.1) is 0 Å². The maximum Gasteiger partial charge on any atom is 0.0558 e. The van der Waals surface area contributed by atoms with Gasteiger partial charge in [0.2, 0.25) is 0 Å². The predicted octanol–water partition coefficient (Wildman–Crippen LogP) is -0.575. The monoisotopic (exact) mass is 144 g/mol. The molecule has 0 saturated heterocycles. The van der Waals surface area contributed by atoms with Crippen LogP contribution in [0.15, 0.2) is 12.2 Å². The Bertz CT molecular complexity index is 104. The molecule has 0 aliphatic heterocycles. The SMILES string of the molecule is C=C(CN)CN(C)CCO. The fourth-order valence-corrected chi connectivity index (χ4v) is 0.696. The van der Waals surface area contributed by atoms with Crippen molar-refractivity contribution >= 4 is 0 Å². The summed E-state index contributed by atoms with van der Waals surface area (Å²) in [4.78, 5) is 1.98. The Morgan fingerprint density at radius 1 is 1.70 bits per heavy atom. The highest BCUT2D eigenvalue weighted by molar-refractivity contribution is 4.97. The molecule has 0 radical (unpaired) electrons. The highest BCUT2D eigenvalue weighted by Crippen LogP contribution is 1.89. The average molecular weight is 144 g/mol. The van der Waals surface area contributed by atoms with Crippen molar-refractivity contribution in [3.8, 4) is 0 Å². The van der Waals surface area contributed by atoms with Gasteiger partial charge >= 0.3 is 0 Å². The summed E-state index contributed by atoms with van der Waals surface area (Å²) in [5, 5.41) is 8.52. The normalized spacial score (nSPS) is 10.4. The molecule has 0 fully saturated rings. The summed E-state index contributed by atoms with van der Waals surface area (Å²) in [6, 6.07) is 0. The largest absolute Gasteiger partial charge is 0.395 e. The van der Waals surface area contributed by atoms with E-state index >= 15 is 0 Å². The summed E-state index contributed by atoms with van der Waals surface area (Å²) >= 11 is 0. The third kappa shape index (κ3) is 4.49. The quantitative estimate of drug-likeness (QED) is 0.508. The molecule has 0 atom stereocenters. The zero-order valence-electron chi connectivity index (χ0n) is 6.51. The summed E-state index contributed by atoms with van der Waals surface area (Å²) in [7, 11) is 1.93. The Morgan fingerprint density at radius 2 is 2.30 bits per heavy atom. The van der Waals surface area contributed by atoms with Crippen LogP contribution in [0.4, 0.5) is 0 Å². The second-order valence-electron chi connectivity index (χ2n) is 2.42. The molecule has 0 saturated carbocycles. The molecule has 0 spiro atoms. The fourth-order valence-electron chi connectivity index (χ4n) is 0.696. The molecule has 0 rings (SSSR count). The van der Waals surface area contributed by atoms with Gasteiger partial charge in [0, 0.05) is 19.6 Å². The molecule has 0 aromatic carbocycles. The summed E-state index contributed by atoms with van der Waals surface area (Å²) in [5.74, 6) is 0. The highest BCUT2D eigenvalue weighted by Gasteiger charge is 1.97. The van der Waals surface area contributed by atoms with E-state index in [1.165, 1.54) is 0 Å². The second kappa shape index (κ2) is 5.41. The van der Waals surface area contributed by atoms with Gasteiger partial charge in [-0.1, -0.05) is 6.58 Å². The molecule has 0 aromatic rings. The van der Waals surface area contributed by atoms with Crippen LogP contribution in [0.1, 0.15) is 0 Å². The van der Waals surface area contributed by atoms with Gasteiger partial charge in [0.05, 0.1) is 6.61 Å². The van der Waals surface area contributed by atoms with Gasteiger partial charge in [0.15, 0.2) is 0 Å². The van der Waals surface area contributed by atoms with Gasteiger partial charge in [-0.15, -0.1) is 0 Å². The average Bonchev–Trinajstić information content (AvgIpc) is 1.88. The van der Waals surface area contributed by atoms with Crippen molar-refractivity contribution in [2.24, 2.45) is 5.73 Å². The number of rotatable bonds is 5. The van der Waals surface area contributed by atoms with Crippen LogP contribution in [-0.4, -0.2) is 43.3 Å². The van der Waals surface area contributed by atoms with Crippen molar-refractivity contribution in [1.82, 2.24) is 4.90 Å². The zero-order chi connectivity index (χ0) is 7.98. The molecule has 3 heteroatoms. The lowest BCUT2D eigenvalue weighted by Gasteiger charge is -2.15. The van der Waals surface area contributed by atoms with E-state index < -0.39 is 0 Å². The molecular formula is C7H16N2O. The molecule has 60 valence electrons. The van der Waals surface area contributed by atoms with Crippen LogP contribution in [-0.2, 0) is 0 Å². The zero-order valence-corrected chi connectivity index (χ0v) is 6.51. The van der Waals surface area contributed by atoms with Gasteiger partial charge in [0.25, 0.3) is 0 Å². The molecule has 3 nitrogen and oxygen atoms in total. The summed E-state index contributed by atoms with van der Waals surface area (Å²) in [6.07, 6.45) is 0. The lowest BCUT2D eigenvalue weighted by Crippen LogP contribution is -2.26. The first-order valence-corrected chi connectivity index (χ1v) is 3.36. The first kappa shape index (κ1) is 9.62. The number of aliphatic hydroxyl groups excluding tert-OH is 1. The molecule has 0 aliphatic rings. The first-order chi connectivity index (χ1) is 4.70. The standard InChI is InChI=1S/C7H16N2O/c1-7(5-8)6-9(2)3-4-10/h10H,1,3-6,8H2,2H3.